The highest BCUT2D eigenvalue weighted by atomic mass is 32.2. The highest BCUT2D eigenvalue weighted by Gasteiger charge is 2.26. The largest absolute Gasteiger partial charge is 0.323 e. The van der Waals surface area contributed by atoms with Crippen molar-refractivity contribution in [2.75, 3.05) is 0 Å². The fraction of sp³-hybridized carbons (Fsp3) is 0.231. The van der Waals surface area contributed by atoms with Crippen molar-refractivity contribution in [2.45, 2.75) is 18.4 Å². The molecule has 0 N–H and O–H groups in total. The van der Waals surface area contributed by atoms with Crippen molar-refractivity contribution in [3.8, 4) is 5.69 Å². The van der Waals surface area contributed by atoms with E-state index in [-0.39, 0.29) is 11.5 Å². The van der Waals surface area contributed by atoms with E-state index in [0.29, 0.717) is 0 Å². The Balaban J connectivity index is 2.04. The molecule has 2 heterocycles. The molecule has 4 heteroatoms. The van der Waals surface area contributed by atoms with Crippen LogP contribution in [-0.2, 0) is 21.3 Å². The van der Waals surface area contributed by atoms with Crippen LogP contribution in [0.5, 0.6) is 0 Å². The Morgan fingerprint density at radius 1 is 1.12 bits per heavy atom. The molecule has 1 aliphatic rings. The summed E-state index contributed by atoms with van der Waals surface area (Å²) in [7, 11) is -2.88. The van der Waals surface area contributed by atoms with E-state index in [1.165, 1.54) is 5.56 Å². The summed E-state index contributed by atoms with van der Waals surface area (Å²) >= 11 is 0. The number of hydrogen-bond acceptors (Lipinski definition) is 2. The third-order valence-electron chi connectivity index (χ3n) is 3.05. The van der Waals surface area contributed by atoms with Crippen LogP contribution in [0.3, 0.4) is 0 Å². The third kappa shape index (κ3) is 1.89. The summed E-state index contributed by atoms with van der Waals surface area (Å²) in [6.07, 6.45) is 3.85. The molecule has 0 saturated carbocycles. The maximum atomic E-state index is 11.4. The van der Waals surface area contributed by atoms with Gasteiger partial charge in [-0.25, -0.2) is 8.42 Å². The Kier molecular flexibility index (Phi) is 2.16. The second-order valence-electron chi connectivity index (χ2n) is 4.59. The number of rotatable bonds is 1. The Labute approximate surface area is 101 Å². The van der Waals surface area contributed by atoms with Crippen LogP contribution in [-0.4, -0.2) is 13.0 Å². The van der Waals surface area contributed by atoms with E-state index in [1.807, 2.05) is 42.1 Å². The van der Waals surface area contributed by atoms with Crippen molar-refractivity contribution in [1.82, 2.24) is 4.57 Å². The van der Waals surface area contributed by atoms with Crippen LogP contribution in [0.15, 0.2) is 36.7 Å². The summed E-state index contributed by atoms with van der Waals surface area (Å²) in [4.78, 5) is 0. The van der Waals surface area contributed by atoms with E-state index in [1.54, 1.807) is 0 Å². The molecule has 0 unspecified atom stereocenters. The summed E-state index contributed by atoms with van der Waals surface area (Å²) in [5, 5.41) is 0. The molecule has 0 aliphatic carbocycles. The van der Waals surface area contributed by atoms with Gasteiger partial charge in [-0.05, 0) is 35.7 Å². The lowest BCUT2D eigenvalue weighted by atomic mass is 10.2. The van der Waals surface area contributed by atoms with Gasteiger partial charge in [0.25, 0.3) is 0 Å². The molecule has 0 fully saturated rings. The molecular formula is C13H13NO2S. The van der Waals surface area contributed by atoms with Crippen molar-refractivity contribution in [3.63, 3.8) is 0 Å². The van der Waals surface area contributed by atoms with Gasteiger partial charge in [0.15, 0.2) is 9.84 Å². The number of fused-ring (bicyclic) bond motifs is 1. The van der Waals surface area contributed by atoms with Gasteiger partial charge in [0.1, 0.15) is 0 Å². The van der Waals surface area contributed by atoms with Crippen molar-refractivity contribution in [2.24, 2.45) is 0 Å². The first-order chi connectivity index (χ1) is 8.03. The predicted molar refractivity (Wildman–Crippen MR) is 66.8 cm³/mol. The minimum atomic E-state index is -2.88. The van der Waals surface area contributed by atoms with Crippen molar-refractivity contribution < 1.29 is 8.42 Å². The van der Waals surface area contributed by atoms with Crippen LogP contribution in [0, 0.1) is 6.92 Å². The highest BCUT2D eigenvalue weighted by Crippen LogP contribution is 2.27. The Bertz CT molecular complexity index is 654. The minimum Gasteiger partial charge on any atom is -0.323 e. The van der Waals surface area contributed by atoms with Gasteiger partial charge >= 0.3 is 0 Å². The Hall–Kier alpha value is -1.55. The van der Waals surface area contributed by atoms with E-state index in [4.69, 9.17) is 0 Å². The molecule has 3 nitrogen and oxygen atoms in total. The van der Waals surface area contributed by atoms with Gasteiger partial charge in [-0.15, -0.1) is 0 Å². The number of hydrogen-bond donors (Lipinski definition) is 0. The molecule has 0 spiro atoms. The van der Waals surface area contributed by atoms with Crippen LogP contribution in [0.25, 0.3) is 5.69 Å². The van der Waals surface area contributed by atoms with E-state index in [9.17, 15) is 8.42 Å². The van der Waals surface area contributed by atoms with Crippen molar-refractivity contribution >= 4 is 9.84 Å². The molecule has 0 radical (unpaired) electrons. The molecule has 17 heavy (non-hydrogen) atoms. The zero-order chi connectivity index (χ0) is 12.0. The SMILES string of the molecule is Cc1cccc(-n2cc3c(c2)CS(=O)(=O)C3)c1. The molecule has 1 aromatic heterocycles. The second-order valence-corrected chi connectivity index (χ2v) is 6.65. The molecule has 1 aromatic carbocycles. The third-order valence-corrected chi connectivity index (χ3v) is 4.55. The zero-order valence-electron chi connectivity index (χ0n) is 9.55. The monoisotopic (exact) mass is 247 g/mol. The summed E-state index contributed by atoms with van der Waals surface area (Å²) in [5.41, 5.74) is 4.15. The van der Waals surface area contributed by atoms with Crippen LogP contribution < -0.4 is 0 Å². The van der Waals surface area contributed by atoms with E-state index >= 15 is 0 Å². The average molecular weight is 247 g/mol. The number of benzene rings is 1. The summed E-state index contributed by atoms with van der Waals surface area (Å²) in [5.74, 6) is 0.363. The highest BCUT2D eigenvalue weighted by molar-refractivity contribution is 7.90. The topological polar surface area (TPSA) is 39.1 Å². The molecule has 88 valence electrons. The van der Waals surface area contributed by atoms with Gasteiger partial charge in [-0.3, -0.25) is 0 Å². The Morgan fingerprint density at radius 2 is 1.76 bits per heavy atom. The fourth-order valence-corrected chi connectivity index (χ4v) is 3.83. The van der Waals surface area contributed by atoms with Gasteiger partial charge in [-0.2, -0.15) is 0 Å². The lowest BCUT2D eigenvalue weighted by Gasteiger charge is -2.04. The lowest BCUT2D eigenvalue weighted by Crippen LogP contribution is -1.99. The van der Waals surface area contributed by atoms with Crippen molar-refractivity contribution in [3.05, 3.63) is 53.3 Å². The molecule has 0 amide bonds. The second kappa shape index (κ2) is 3.47. The van der Waals surface area contributed by atoms with Gasteiger partial charge in [0.2, 0.25) is 0 Å². The van der Waals surface area contributed by atoms with Gasteiger partial charge in [0.05, 0.1) is 11.5 Å². The van der Waals surface area contributed by atoms with E-state index in [0.717, 1.165) is 16.8 Å². The number of sulfone groups is 1. The van der Waals surface area contributed by atoms with Crippen LogP contribution in [0.1, 0.15) is 16.7 Å². The number of aryl methyl sites for hydroxylation is 1. The molecule has 2 aromatic rings. The molecule has 0 bridgehead atoms. The summed E-state index contributed by atoms with van der Waals surface area (Å²) in [6, 6.07) is 8.16. The molecule has 1 aliphatic heterocycles. The quantitative estimate of drug-likeness (QED) is 0.775. The lowest BCUT2D eigenvalue weighted by molar-refractivity contribution is 0.597. The van der Waals surface area contributed by atoms with Crippen molar-refractivity contribution in [1.29, 1.82) is 0 Å². The molecule has 3 rings (SSSR count). The fourth-order valence-electron chi connectivity index (χ4n) is 2.26. The number of aromatic nitrogens is 1. The number of nitrogens with zero attached hydrogens (tertiary/aromatic N) is 1. The smallest absolute Gasteiger partial charge is 0.158 e. The van der Waals surface area contributed by atoms with Gasteiger partial charge in [-0.1, -0.05) is 12.1 Å². The first kappa shape index (κ1) is 10.6. The van der Waals surface area contributed by atoms with Crippen LogP contribution in [0.4, 0.5) is 0 Å². The Morgan fingerprint density at radius 3 is 2.35 bits per heavy atom. The first-order valence-corrected chi connectivity index (χ1v) is 7.33. The van der Waals surface area contributed by atoms with E-state index in [2.05, 4.69) is 6.07 Å². The maximum Gasteiger partial charge on any atom is 0.158 e. The average Bonchev–Trinajstić information content (AvgIpc) is 2.71. The van der Waals surface area contributed by atoms with Gasteiger partial charge in [0, 0.05) is 18.1 Å². The predicted octanol–water partition coefficient (Wildman–Crippen LogP) is 2.21. The van der Waals surface area contributed by atoms with Crippen LogP contribution >= 0.6 is 0 Å². The molecular weight excluding hydrogens is 234 g/mol. The normalized spacial score (nSPS) is 17.0. The maximum absolute atomic E-state index is 11.4. The van der Waals surface area contributed by atoms with Crippen LogP contribution in [0.2, 0.25) is 0 Å². The molecule has 0 atom stereocenters. The summed E-state index contributed by atoms with van der Waals surface area (Å²) < 4.78 is 24.9. The van der Waals surface area contributed by atoms with Gasteiger partial charge < -0.3 is 4.57 Å². The first-order valence-electron chi connectivity index (χ1n) is 5.51. The zero-order valence-corrected chi connectivity index (χ0v) is 10.4. The standard InChI is InChI=1S/C13H13NO2S/c1-10-3-2-4-13(5-10)14-6-11-8-17(15,16)9-12(11)7-14/h2-7H,8-9H2,1H3. The molecule has 0 saturated heterocycles. The van der Waals surface area contributed by atoms with E-state index < -0.39 is 9.84 Å². The minimum absolute atomic E-state index is 0.182. The summed E-state index contributed by atoms with van der Waals surface area (Å²) in [6.45, 7) is 2.05.